The van der Waals surface area contributed by atoms with Crippen molar-refractivity contribution < 1.29 is 13.7 Å². The smallest absolute Gasteiger partial charge is 0.239 e. The second-order valence-electron chi connectivity index (χ2n) is 4.52. The van der Waals surface area contributed by atoms with E-state index in [-0.39, 0.29) is 5.91 Å². The lowest BCUT2D eigenvalue weighted by Crippen LogP contribution is -2.30. The van der Waals surface area contributed by atoms with Gasteiger partial charge in [0.05, 0.1) is 18.5 Å². The minimum absolute atomic E-state index is 0.281. The molecule has 0 aliphatic carbocycles. The number of anilines is 2. The second-order valence-corrected chi connectivity index (χ2v) is 6.40. The summed E-state index contributed by atoms with van der Waals surface area (Å²) in [5, 5.41) is 2.15. The van der Waals surface area contributed by atoms with Crippen molar-refractivity contribution in [3.8, 4) is 5.75 Å². The number of nitrogens with two attached hydrogens (primary N) is 1. The van der Waals surface area contributed by atoms with Crippen LogP contribution in [-0.4, -0.2) is 28.2 Å². The molecule has 1 aromatic carbocycles. The molecule has 0 aliphatic heterocycles. The average Bonchev–Trinajstić information content (AvgIpc) is 2.45. The third-order valence-electron chi connectivity index (χ3n) is 2.98. The van der Waals surface area contributed by atoms with Gasteiger partial charge in [0.15, 0.2) is 0 Å². The molecule has 0 saturated heterocycles. The summed E-state index contributed by atoms with van der Waals surface area (Å²) in [5.74, 6) is 0.889. The summed E-state index contributed by atoms with van der Waals surface area (Å²) in [4.78, 5) is 12.0. The molecule has 1 rings (SSSR count). The van der Waals surface area contributed by atoms with Crippen LogP contribution in [0, 0.1) is 0 Å². The number of carbonyl (C=O) groups is 1. The van der Waals surface area contributed by atoms with Gasteiger partial charge in [0, 0.05) is 22.6 Å². The highest BCUT2D eigenvalue weighted by molar-refractivity contribution is 7.86. The molecule has 0 aliphatic rings. The van der Waals surface area contributed by atoms with Crippen LogP contribution in [0.25, 0.3) is 0 Å². The normalized spacial score (nSPS) is 13.6. The zero-order chi connectivity index (χ0) is 15.1. The van der Waals surface area contributed by atoms with Crippen LogP contribution in [0.4, 0.5) is 11.4 Å². The lowest BCUT2D eigenvalue weighted by Gasteiger charge is -2.14. The number of carbonyl (C=O) groups excluding carboxylic acids is 1. The van der Waals surface area contributed by atoms with Crippen molar-refractivity contribution >= 4 is 28.1 Å². The van der Waals surface area contributed by atoms with Gasteiger partial charge in [-0.05, 0) is 25.5 Å². The Balaban J connectivity index is 2.68. The number of hydrogen-bond acceptors (Lipinski definition) is 4. The van der Waals surface area contributed by atoms with E-state index in [2.05, 4.69) is 5.32 Å². The van der Waals surface area contributed by atoms with Crippen molar-refractivity contribution in [3.63, 3.8) is 0 Å². The van der Waals surface area contributed by atoms with Gasteiger partial charge in [0.2, 0.25) is 5.91 Å². The summed E-state index contributed by atoms with van der Waals surface area (Å²) in [6.07, 6.45) is 1.82. The molecule has 0 bridgehead atoms. The molecule has 0 fully saturated rings. The van der Waals surface area contributed by atoms with Crippen LogP contribution in [0.3, 0.4) is 0 Å². The van der Waals surface area contributed by atoms with Crippen LogP contribution >= 0.6 is 0 Å². The molecule has 6 heteroatoms. The minimum Gasteiger partial charge on any atom is -0.497 e. The maximum Gasteiger partial charge on any atom is 0.239 e. The van der Waals surface area contributed by atoms with E-state index in [0.717, 1.165) is 12.8 Å². The summed E-state index contributed by atoms with van der Waals surface area (Å²) in [6.45, 7) is 3.70. The number of unbranched alkanes of at least 4 members (excludes halogenated alkanes) is 1. The van der Waals surface area contributed by atoms with Crippen molar-refractivity contribution in [2.75, 3.05) is 23.9 Å². The van der Waals surface area contributed by atoms with E-state index in [4.69, 9.17) is 10.5 Å². The van der Waals surface area contributed by atoms with Crippen LogP contribution in [0.15, 0.2) is 18.2 Å². The van der Waals surface area contributed by atoms with Crippen molar-refractivity contribution in [3.05, 3.63) is 18.2 Å². The first-order chi connectivity index (χ1) is 9.49. The molecular weight excluding hydrogens is 276 g/mol. The predicted molar refractivity (Wildman–Crippen MR) is 83.4 cm³/mol. The van der Waals surface area contributed by atoms with Crippen molar-refractivity contribution in [1.82, 2.24) is 0 Å². The molecule has 3 N–H and O–H groups in total. The maximum atomic E-state index is 12.0. The lowest BCUT2D eigenvalue weighted by molar-refractivity contribution is -0.115. The molecule has 2 unspecified atom stereocenters. The summed E-state index contributed by atoms with van der Waals surface area (Å²) in [7, 11) is 0.389. The lowest BCUT2D eigenvalue weighted by atomic mass is 10.2. The molecule has 2 atom stereocenters. The molecule has 0 aromatic heterocycles. The molecular formula is C14H22N2O3S. The van der Waals surface area contributed by atoms with Crippen LogP contribution in [0.1, 0.15) is 26.7 Å². The van der Waals surface area contributed by atoms with Gasteiger partial charge in [0.25, 0.3) is 0 Å². The highest BCUT2D eigenvalue weighted by atomic mass is 32.2. The molecule has 20 heavy (non-hydrogen) atoms. The summed E-state index contributed by atoms with van der Waals surface area (Å²) in [6, 6.07) is 5.02. The largest absolute Gasteiger partial charge is 0.497 e. The van der Waals surface area contributed by atoms with Crippen LogP contribution in [0.2, 0.25) is 0 Å². The highest BCUT2D eigenvalue weighted by Gasteiger charge is 2.20. The van der Waals surface area contributed by atoms with Crippen LogP contribution < -0.4 is 15.8 Å². The van der Waals surface area contributed by atoms with Gasteiger partial charge >= 0.3 is 0 Å². The van der Waals surface area contributed by atoms with E-state index < -0.39 is 16.0 Å². The number of benzene rings is 1. The van der Waals surface area contributed by atoms with E-state index >= 15 is 0 Å². The second kappa shape index (κ2) is 7.89. The van der Waals surface area contributed by atoms with Gasteiger partial charge in [-0.3, -0.25) is 9.00 Å². The quantitative estimate of drug-likeness (QED) is 0.756. The highest BCUT2D eigenvalue weighted by Crippen LogP contribution is 2.24. The summed E-state index contributed by atoms with van der Waals surface area (Å²) in [5.41, 5.74) is 6.76. The Labute approximate surface area is 122 Å². The molecule has 0 radical (unpaired) electrons. The molecule has 1 amide bonds. The first-order valence-electron chi connectivity index (χ1n) is 6.61. The molecule has 5 nitrogen and oxygen atoms in total. The molecule has 0 heterocycles. The molecule has 112 valence electrons. The zero-order valence-corrected chi connectivity index (χ0v) is 13.0. The number of nitrogens with one attached hydrogen (secondary N) is 1. The average molecular weight is 298 g/mol. The fraction of sp³-hybridized carbons (Fsp3) is 0.500. The van der Waals surface area contributed by atoms with Gasteiger partial charge in [-0.1, -0.05) is 13.3 Å². The van der Waals surface area contributed by atoms with Gasteiger partial charge in [0.1, 0.15) is 11.0 Å². The first-order valence-corrected chi connectivity index (χ1v) is 7.99. The number of rotatable bonds is 7. The van der Waals surface area contributed by atoms with E-state index in [1.54, 1.807) is 32.2 Å². The Morgan fingerprint density at radius 3 is 2.75 bits per heavy atom. The number of nitrogen functional groups attached to an aromatic ring is 1. The maximum absolute atomic E-state index is 12.0. The Kier molecular flexibility index (Phi) is 6.51. The van der Waals surface area contributed by atoms with E-state index in [1.165, 1.54) is 0 Å². The molecule has 0 spiro atoms. The van der Waals surface area contributed by atoms with Crippen LogP contribution in [0.5, 0.6) is 5.75 Å². The number of methoxy groups -OCH3 is 1. The molecule has 0 saturated carbocycles. The Hall–Kier alpha value is -1.56. The topological polar surface area (TPSA) is 81.4 Å². The number of amides is 1. The summed E-state index contributed by atoms with van der Waals surface area (Å²) >= 11 is 0. The van der Waals surface area contributed by atoms with Crippen LogP contribution in [-0.2, 0) is 15.6 Å². The standard InChI is InChI=1S/C14H22N2O3S/c1-4-5-8-20(18)10(2)14(17)16-13-7-6-11(19-3)9-12(13)15/h6-7,9-10H,4-5,8,15H2,1-3H3,(H,16,17). The van der Waals surface area contributed by atoms with E-state index in [9.17, 15) is 9.00 Å². The number of hydrogen-bond donors (Lipinski definition) is 2. The fourth-order valence-corrected chi connectivity index (χ4v) is 2.82. The predicted octanol–water partition coefficient (Wildman–Crippen LogP) is 2.15. The van der Waals surface area contributed by atoms with Crippen molar-refractivity contribution in [1.29, 1.82) is 0 Å². The van der Waals surface area contributed by atoms with Gasteiger partial charge in [-0.15, -0.1) is 0 Å². The van der Waals surface area contributed by atoms with E-state index in [0.29, 0.717) is 22.9 Å². The van der Waals surface area contributed by atoms with Crippen molar-refractivity contribution in [2.45, 2.75) is 31.9 Å². The SMILES string of the molecule is CCCCS(=O)C(C)C(=O)Nc1ccc(OC)cc1N. The van der Waals surface area contributed by atoms with Gasteiger partial charge in [-0.2, -0.15) is 0 Å². The molecule has 1 aromatic rings. The first kappa shape index (κ1) is 16.5. The monoisotopic (exact) mass is 298 g/mol. The third kappa shape index (κ3) is 4.52. The minimum atomic E-state index is -1.16. The summed E-state index contributed by atoms with van der Waals surface area (Å²) < 4.78 is 17.0. The fourth-order valence-electron chi connectivity index (χ4n) is 1.60. The Morgan fingerprint density at radius 1 is 1.50 bits per heavy atom. The Morgan fingerprint density at radius 2 is 2.20 bits per heavy atom. The van der Waals surface area contributed by atoms with Crippen molar-refractivity contribution in [2.24, 2.45) is 0 Å². The van der Waals surface area contributed by atoms with E-state index in [1.807, 2.05) is 6.92 Å². The van der Waals surface area contributed by atoms with Gasteiger partial charge in [-0.25, -0.2) is 0 Å². The third-order valence-corrected chi connectivity index (χ3v) is 4.67. The van der Waals surface area contributed by atoms with Gasteiger partial charge < -0.3 is 15.8 Å². The Bertz CT molecular complexity index is 491. The zero-order valence-electron chi connectivity index (χ0n) is 12.1. The number of ether oxygens (including phenoxy) is 1.